The quantitative estimate of drug-likeness (QED) is 0.130. The molecule has 2 heterocycles. The number of hydrogen-bond acceptors (Lipinski definition) is 4. The molecule has 1 aromatic carbocycles. The van der Waals surface area contributed by atoms with Crippen LogP contribution in [0.25, 0.3) is 10.9 Å². The number of carbonyl (C=O) groups excluding carboxylic acids is 3. The largest absolute Gasteiger partial charge is 0.481 e. The van der Waals surface area contributed by atoms with E-state index in [0.29, 0.717) is 41.5 Å². The number of aldehydes is 1. The maximum atomic E-state index is 13.7. The van der Waals surface area contributed by atoms with Crippen LogP contribution in [0.4, 0.5) is 0 Å². The minimum absolute atomic E-state index is 0.0453. The smallest absolute Gasteiger partial charge is 0.304 e. The Morgan fingerprint density at radius 2 is 1.83 bits per heavy atom. The van der Waals surface area contributed by atoms with E-state index in [1.807, 2.05) is 60.5 Å². The molecule has 1 aromatic heterocycles. The van der Waals surface area contributed by atoms with E-state index in [1.54, 1.807) is 18.2 Å². The molecule has 1 N–H and O–H groups in total. The van der Waals surface area contributed by atoms with E-state index in [2.05, 4.69) is 4.57 Å². The number of fused-ring (bicyclic) bond motifs is 3. The van der Waals surface area contributed by atoms with Crippen molar-refractivity contribution < 1.29 is 24.3 Å². The summed E-state index contributed by atoms with van der Waals surface area (Å²) in [4.78, 5) is 45.2. The third-order valence-corrected chi connectivity index (χ3v) is 5.73. The number of carboxylic acid groups (broad SMARTS) is 1. The van der Waals surface area contributed by atoms with Crippen LogP contribution < -0.4 is 0 Å². The van der Waals surface area contributed by atoms with Gasteiger partial charge in [-0.25, -0.2) is 0 Å². The van der Waals surface area contributed by atoms with Crippen LogP contribution in [0.2, 0.25) is 0 Å². The van der Waals surface area contributed by atoms with Crippen LogP contribution in [0, 0.1) is 6.92 Å². The summed E-state index contributed by atoms with van der Waals surface area (Å²) in [5.74, 6) is -1.08. The highest BCUT2D eigenvalue weighted by molar-refractivity contribution is 6.22. The normalized spacial score (nSPS) is 14.4. The molecular weight excluding hydrogens is 478 g/mol. The number of benzene rings is 1. The van der Waals surface area contributed by atoms with Crippen LogP contribution in [0.15, 0.2) is 35.9 Å². The molecule has 1 atom stereocenters. The summed E-state index contributed by atoms with van der Waals surface area (Å²) in [6, 6.07) is 3.76. The average Bonchev–Trinajstić information content (AvgIpc) is 3.24. The number of aryl methyl sites for hydroxylation is 2. The van der Waals surface area contributed by atoms with Crippen LogP contribution >= 0.6 is 11.6 Å². The molecule has 0 unspecified atom stereocenters. The van der Waals surface area contributed by atoms with Gasteiger partial charge in [-0.1, -0.05) is 52.8 Å². The lowest BCUT2D eigenvalue weighted by atomic mass is 9.87. The van der Waals surface area contributed by atoms with Gasteiger partial charge in [-0.15, -0.1) is 11.6 Å². The molecule has 1 aliphatic rings. The number of nitrogens with zero attached hydrogens (tertiary/aromatic N) is 1. The topological polar surface area (TPSA) is 93.4 Å². The summed E-state index contributed by atoms with van der Waals surface area (Å²) >= 11 is 5.79. The molecule has 0 bridgehead atoms. The van der Waals surface area contributed by atoms with Gasteiger partial charge in [0, 0.05) is 46.1 Å². The van der Waals surface area contributed by atoms with Crippen molar-refractivity contribution >= 4 is 47.3 Å². The molecule has 6 nitrogen and oxygen atoms in total. The van der Waals surface area contributed by atoms with Gasteiger partial charge in [0.25, 0.3) is 0 Å². The van der Waals surface area contributed by atoms with Crippen LogP contribution in [0.5, 0.6) is 0 Å². The van der Waals surface area contributed by atoms with Crippen LogP contribution in [-0.2, 0) is 16.1 Å². The van der Waals surface area contributed by atoms with E-state index in [9.17, 15) is 19.5 Å². The van der Waals surface area contributed by atoms with Crippen LogP contribution in [0.3, 0.4) is 0 Å². The first-order valence-corrected chi connectivity index (χ1v) is 13.1. The fraction of sp³-hybridized carbons (Fsp3) is 0.448. The Labute approximate surface area is 220 Å². The van der Waals surface area contributed by atoms with Crippen molar-refractivity contribution in [3.8, 4) is 0 Å². The van der Waals surface area contributed by atoms with Gasteiger partial charge < -0.3 is 14.5 Å². The number of ketones is 1. The zero-order valence-corrected chi connectivity index (χ0v) is 23.2. The highest BCUT2D eigenvalue weighted by atomic mass is 35.5. The Hall–Kier alpha value is -2.99. The van der Waals surface area contributed by atoms with Crippen LogP contribution in [-0.4, -0.2) is 40.4 Å². The Bertz CT molecular complexity index is 1080. The Morgan fingerprint density at radius 3 is 2.36 bits per heavy atom. The first-order chi connectivity index (χ1) is 17.4. The number of Topliss-reactive ketones (excluding diaryl/α,β-unsaturated/α-hetero) is 1. The van der Waals surface area contributed by atoms with Crippen molar-refractivity contribution in [2.45, 2.75) is 79.7 Å². The van der Waals surface area contributed by atoms with E-state index in [-0.39, 0.29) is 24.0 Å². The third kappa shape index (κ3) is 7.76. The second-order valence-electron chi connectivity index (χ2n) is 7.67. The molecule has 0 saturated carbocycles. The second kappa shape index (κ2) is 17.4. The van der Waals surface area contributed by atoms with Gasteiger partial charge in [0.2, 0.25) is 0 Å². The molecule has 198 valence electrons. The number of halogens is 1. The lowest BCUT2D eigenvalue weighted by Crippen LogP contribution is -2.20. The van der Waals surface area contributed by atoms with Gasteiger partial charge in [0.15, 0.2) is 12.1 Å². The van der Waals surface area contributed by atoms with Crippen molar-refractivity contribution in [3.63, 3.8) is 0 Å². The molecule has 0 amide bonds. The maximum Gasteiger partial charge on any atom is 0.304 e. The first-order valence-electron chi connectivity index (χ1n) is 12.5. The lowest BCUT2D eigenvalue weighted by Gasteiger charge is -2.25. The van der Waals surface area contributed by atoms with Crippen LogP contribution in [0.1, 0.15) is 98.2 Å². The monoisotopic (exact) mass is 517 g/mol. The average molecular weight is 518 g/mol. The van der Waals surface area contributed by atoms with E-state index in [1.165, 1.54) is 0 Å². The highest BCUT2D eigenvalue weighted by Gasteiger charge is 2.33. The number of carboxylic acids is 1. The fourth-order valence-electron chi connectivity index (χ4n) is 4.48. The number of carbonyl (C=O) groups is 4. The summed E-state index contributed by atoms with van der Waals surface area (Å²) in [5.41, 5.74) is 3.90. The zero-order chi connectivity index (χ0) is 27.8. The zero-order valence-electron chi connectivity index (χ0n) is 22.4. The molecule has 2 aromatic rings. The Balaban J connectivity index is 0.00000190. The molecule has 0 saturated heterocycles. The standard InChI is InChI=1S/C24H26ClNO4.2C2H6.CH2O/c1-3-6-16(7-4-9-25)24(30)22-21-18(14-27)11-15(2)12-19(21)26-10-5-8-17(23(22)26)13-20(28)29;3*1-2/h4,6-7,11-12,14,17H,3,5,8-10,13H2,1-2H3,(H,28,29);2*1-2H3;1H2/b7-4-,16-6+;;;/t17-;;;/m1.../s1. The second-order valence-corrected chi connectivity index (χ2v) is 7.98. The summed E-state index contributed by atoms with van der Waals surface area (Å²) in [6.45, 7) is 14.6. The summed E-state index contributed by atoms with van der Waals surface area (Å²) in [6.07, 6.45) is 8.19. The van der Waals surface area contributed by atoms with Gasteiger partial charge in [-0.05, 0) is 43.9 Å². The van der Waals surface area contributed by atoms with Gasteiger partial charge in [0.1, 0.15) is 6.79 Å². The predicted octanol–water partition coefficient (Wildman–Crippen LogP) is 7.30. The Morgan fingerprint density at radius 1 is 1.19 bits per heavy atom. The molecule has 3 rings (SSSR count). The number of allylic oxidation sites excluding steroid dienone is 4. The molecule has 0 fully saturated rings. The van der Waals surface area contributed by atoms with Gasteiger partial charge in [-0.3, -0.25) is 14.4 Å². The van der Waals surface area contributed by atoms with Gasteiger partial charge in [-0.2, -0.15) is 0 Å². The van der Waals surface area contributed by atoms with Crippen molar-refractivity contribution in [1.29, 1.82) is 0 Å². The van der Waals surface area contributed by atoms with Crippen molar-refractivity contribution in [2.24, 2.45) is 0 Å². The molecule has 0 aliphatic carbocycles. The minimum atomic E-state index is -0.893. The van der Waals surface area contributed by atoms with E-state index >= 15 is 0 Å². The molecule has 0 spiro atoms. The third-order valence-electron chi connectivity index (χ3n) is 5.55. The molecule has 7 heteroatoms. The predicted molar refractivity (Wildman–Crippen MR) is 149 cm³/mol. The lowest BCUT2D eigenvalue weighted by molar-refractivity contribution is -0.137. The first kappa shape index (κ1) is 33.0. The summed E-state index contributed by atoms with van der Waals surface area (Å²) in [7, 11) is 0. The number of aliphatic carboxylic acids is 1. The van der Waals surface area contributed by atoms with E-state index < -0.39 is 5.97 Å². The number of hydrogen-bond donors (Lipinski definition) is 1. The van der Waals surface area contributed by atoms with Gasteiger partial charge >= 0.3 is 5.97 Å². The number of aromatic nitrogens is 1. The number of rotatable bonds is 8. The summed E-state index contributed by atoms with van der Waals surface area (Å²) < 4.78 is 2.05. The Kier molecular flexibility index (Phi) is 16.0. The van der Waals surface area contributed by atoms with Crippen molar-refractivity contribution in [3.05, 3.63) is 58.3 Å². The van der Waals surface area contributed by atoms with E-state index in [4.69, 9.17) is 16.4 Å². The van der Waals surface area contributed by atoms with Crippen molar-refractivity contribution in [2.75, 3.05) is 5.88 Å². The molecule has 0 radical (unpaired) electrons. The molecule has 1 aliphatic heterocycles. The van der Waals surface area contributed by atoms with Gasteiger partial charge in [0.05, 0.1) is 12.0 Å². The number of alkyl halides is 1. The molecule has 36 heavy (non-hydrogen) atoms. The minimum Gasteiger partial charge on any atom is -0.481 e. The highest BCUT2D eigenvalue weighted by Crippen LogP contribution is 2.41. The summed E-state index contributed by atoms with van der Waals surface area (Å²) in [5, 5.41) is 10.1. The molecular formula is C29H40ClNO5. The fourth-order valence-corrected chi connectivity index (χ4v) is 4.56. The van der Waals surface area contributed by atoms with E-state index in [0.717, 1.165) is 29.5 Å². The van der Waals surface area contributed by atoms with Crippen molar-refractivity contribution in [1.82, 2.24) is 4.57 Å². The SMILES string of the molecule is C=O.CC.CC.CC/C=C(\C=C/CCl)C(=O)c1c2n(c3cc(C)cc(C=O)c13)CCC[C@@H]2CC(=O)O. The maximum absolute atomic E-state index is 13.7.